The summed E-state index contributed by atoms with van der Waals surface area (Å²) in [6.45, 7) is 3.18. The molecule has 7 heteroatoms. The number of nitrogens with zero attached hydrogens (tertiary/aromatic N) is 4. The van der Waals surface area contributed by atoms with Gasteiger partial charge in [-0.2, -0.15) is 5.10 Å². The normalized spacial score (nSPS) is 16.8. The largest absolute Gasteiger partial charge is 0.345 e. The highest BCUT2D eigenvalue weighted by atomic mass is 19.1. The Hall–Kier alpha value is -2.02. The van der Waals surface area contributed by atoms with Crippen LogP contribution >= 0.6 is 0 Å². The quantitative estimate of drug-likeness (QED) is 0.841. The van der Waals surface area contributed by atoms with E-state index in [1.54, 1.807) is 18.5 Å². The van der Waals surface area contributed by atoms with Crippen LogP contribution in [0.3, 0.4) is 0 Å². The third kappa shape index (κ3) is 2.27. The minimum absolute atomic E-state index is 0.0595. The van der Waals surface area contributed by atoms with Crippen LogP contribution in [0.15, 0.2) is 23.0 Å². The molecule has 0 fully saturated rings. The average Bonchev–Trinajstić information content (AvgIpc) is 2.73. The van der Waals surface area contributed by atoms with Crippen molar-refractivity contribution < 1.29 is 8.78 Å². The van der Waals surface area contributed by atoms with E-state index in [9.17, 15) is 13.6 Å². The van der Waals surface area contributed by atoms with Gasteiger partial charge in [0, 0.05) is 31.7 Å². The first-order valence-electron chi connectivity index (χ1n) is 6.79. The molecule has 0 radical (unpaired) electrons. The highest BCUT2D eigenvalue weighted by Crippen LogP contribution is 2.27. The Morgan fingerprint density at radius 1 is 1.24 bits per heavy atom. The van der Waals surface area contributed by atoms with Crippen molar-refractivity contribution in [3.63, 3.8) is 0 Å². The third-order valence-electron chi connectivity index (χ3n) is 4.01. The number of hydrogen-bond acceptors (Lipinski definition) is 3. The average molecular weight is 294 g/mol. The molecule has 5 nitrogen and oxygen atoms in total. The first-order chi connectivity index (χ1) is 9.99. The Morgan fingerprint density at radius 3 is 2.57 bits per heavy atom. The molecular formula is C14H16F2N4O. The summed E-state index contributed by atoms with van der Waals surface area (Å²) in [5, 5.41) is 4.16. The van der Waals surface area contributed by atoms with E-state index in [0.29, 0.717) is 25.5 Å². The van der Waals surface area contributed by atoms with Gasteiger partial charge >= 0.3 is 5.69 Å². The summed E-state index contributed by atoms with van der Waals surface area (Å²) in [5.74, 6) is -0.477. The summed E-state index contributed by atoms with van der Waals surface area (Å²) in [5.41, 5.74) is -0.0985. The molecular weight excluding hydrogens is 278 g/mol. The van der Waals surface area contributed by atoms with Gasteiger partial charge in [0.1, 0.15) is 17.5 Å². The van der Waals surface area contributed by atoms with Crippen molar-refractivity contribution in [1.82, 2.24) is 19.2 Å². The molecule has 0 saturated carbocycles. The number of fused-ring (bicyclic) bond motifs is 1. The fourth-order valence-corrected chi connectivity index (χ4v) is 2.81. The Morgan fingerprint density at radius 2 is 1.90 bits per heavy atom. The lowest BCUT2D eigenvalue weighted by Gasteiger charge is -2.32. The van der Waals surface area contributed by atoms with Crippen LogP contribution in [0.1, 0.15) is 24.4 Å². The molecule has 2 aromatic rings. The second-order valence-electron chi connectivity index (χ2n) is 5.26. The predicted molar refractivity (Wildman–Crippen MR) is 72.7 cm³/mol. The molecule has 0 saturated heterocycles. The predicted octanol–water partition coefficient (Wildman–Crippen LogP) is 1.44. The van der Waals surface area contributed by atoms with Crippen molar-refractivity contribution in [2.24, 2.45) is 7.05 Å². The smallest absolute Gasteiger partial charge is 0.287 e. The maximum absolute atomic E-state index is 13.9. The Balaban J connectivity index is 1.91. The maximum Gasteiger partial charge on any atom is 0.345 e. The van der Waals surface area contributed by atoms with Crippen LogP contribution in [0.4, 0.5) is 8.78 Å². The molecule has 0 bridgehead atoms. The van der Waals surface area contributed by atoms with Gasteiger partial charge in [0.05, 0.1) is 6.54 Å². The fourth-order valence-electron chi connectivity index (χ4n) is 2.81. The van der Waals surface area contributed by atoms with Gasteiger partial charge in [-0.05, 0) is 19.1 Å². The molecule has 1 aliphatic rings. The van der Waals surface area contributed by atoms with Gasteiger partial charge in [0.25, 0.3) is 0 Å². The molecule has 1 unspecified atom stereocenters. The minimum Gasteiger partial charge on any atom is -0.287 e. The zero-order valence-corrected chi connectivity index (χ0v) is 11.9. The van der Waals surface area contributed by atoms with E-state index < -0.39 is 17.7 Å². The van der Waals surface area contributed by atoms with Crippen molar-refractivity contribution in [1.29, 1.82) is 0 Å². The van der Waals surface area contributed by atoms with Gasteiger partial charge in [-0.1, -0.05) is 6.07 Å². The van der Waals surface area contributed by atoms with E-state index >= 15 is 0 Å². The van der Waals surface area contributed by atoms with Crippen LogP contribution in [-0.2, 0) is 20.1 Å². The second kappa shape index (κ2) is 5.07. The molecule has 1 aromatic heterocycles. The van der Waals surface area contributed by atoms with Gasteiger partial charge in [0.2, 0.25) is 0 Å². The van der Waals surface area contributed by atoms with Crippen molar-refractivity contribution in [3.05, 3.63) is 51.7 Å². The lowest BCUT2D eigenvalue weighted by molar-refractivity contribution is 0.156. The fraction of sp³-hybridized carbons (Fsp3) is 0.429. The molecule has 3 rings (SSSR count). The van der Waals surface area contributed by atoms with E-state index in [1.165, 1.54) is 22.9 Å². The Labute approximate surface area is 120 Å². The summed E-state index contributed by atoms with van der Waals surface area (Å²) >= 11 is 0. The van der Waals surface area contributed by atoms with Crippen molar-refractivity contribution >= 4 is 0 Å². The molecule has 1 aromatic carbocycles. The first kappa shape index (κ1) is 13.9. The zero-order chi connectivity index (χ0) is 15.1. The summed E-state index contributed by atoms with van der Waals surface area (Å²) in [6, 6.07) is 3.45. The number of benzene rings is 1. The van der Waals surface area contributed by atoms with Crippen LogP contribution in [0.25, 0.3) is 0 Å². The maximum atomic E-state index is 13.9. The summed E-state index contributed by atoms with van der Waals surface area (Å²) in [7, 11) is 1.60. The molecule has 0 N–H and O–H groups in total. The topological polar surface area (TPSA) is 43.1 Å². The van der Waals surface area contributed by atoms with E-state index in [1.807, 2.05) is 4.90 Å². The van der Waals surface area contributed by atoms with Crippen LogP contribution in [0, 0.1) is 11.6 Å². The standard InChI is InChI=1S/C14H16F2N4O/c1-9(13-10(15)4-3-5-11(13)16)19-6-7-20-12(8-19)17-18(2)14(20)21/h3-5,9H,6-8H2,1-2H3. The first-order valence-corrected chi connectivity index (χ1v) is 6.79. The van der Waals surface area contributed by atoms with Gasteiger partial charge in [-0.15, -0.1) is 0 Å². The highest BCUT2D eigenvalue weighted by Gasteiger charge is 2.27. The van der Waals surface area contributed by atoms with Crippen LogP contribution in [0.5, 0.6) is 0 Å². The number of hydrogen-bond donors (Lipinski definition) is 0. The van der Waals surface area contributed by atoms with Crippen LogP contribution in [0.2, 0.25) is 0 Å². The molecule has 0 aliphatic carbocycles. The molecule has 1 aliphatic heterocycles. The zero-order valence-electron chi connectivity index (χ0n) is 11.9. The molecule has 0 spiro atoms. The molecule has 1 atom stereocenters. The lowest BCUT2D eigenvalue weighted by atomic mass is 10.0. The summed E-state index contributed by atoms with van der Waals surface area (Å²) in [6.07, 6.45) is 0. The molecule has 0 amide bonds. The number of aryl methyl sites for hydroxylation is 1. The highest BCUT2D eigenvalue weighted by molar-refractivity contribution is 5.23. The van der Waals surface area contributed by atoms with Crippen molar-refractivity contribution in [2.45, 2.75) is 26.1 Å². The van der Waals surface area contributed by atoms with Gasteiger partial charge < -0.3 is 0 Å². The Bertz CT molecular complexity index is 717. The van der Waals surface area contributed by atoms with E-state index in [4.69, 9.17) is 0 Å². The summed E-state index contributed by atoms with van der Waals surface area (Å²) in [4.78, 5) is 13.7. The van der Waals surface area contributed by atoms with Crippen LogP contribution < -0.4 is 5.69 Å². The van der Waals surface area contributed by atoms with Gasteiger partial charge in [-0.3, -0.25) is 9.47 Å². The molecule has 2 heterocycles. The van der Waals surface area contributed by atoms with Crippen molar-refractivity contribution in [2.75, 3.05) is 6.54 Å². The number of rotatable bonds is 2. The van der Waals surface area contributed by atoms with E-state index in [0.717, 1.165) is 0 Å². The molecule has 21 heavy (non-hydrogen) atoms. The Kier molecular flexibility index (Phi) is 3.36. The number of aromatic nitrogens is 3. The SMILES string of the molecule is CC(c1c(F)cccc1F)N1CCn2c(nn(C)c2=O)C1. The minimum atomic E-state index is -0.550. The number of halogens is 2. The third-order valence-corrected chi connectivity index (χ3v) is 4.01. The monoisotopic (exact) mass is 294 g/mol. The lowest BCUT2D eigenvalue weighted by Crippen LogP contribution is -2.39. The molecule has 112 valence electrons. The summed E-state index contributed by atoms with van der Waals surface area (Å²) < 4.78 is 30.6. The van der Waals surface area contributed by atoms with Crippen molar-refractivity contribution in [3.8, 4) is 0 Å². The van der Waals surface area contributed by atoms with E-state index in [-0.39, 0.29) is 11.3 Å². The second-order valence-corrected chi connectivity index (χ2v) is 5.26. The van der Waals surface area contributed by atoms with Crippen LogP contribution in [-0.4, -0.2) is 25.8 Å². The van der Waals surface area contributed by atoms with Gasteiger partial charge in [0.15, 0.2) is 0 Å². The van der Waals surface area contributed by atoms with E-state index in [2.05, 4.69) is 5.10 Å². The van der Waals surface area contributed by atoms with Gasteiger partial charge in [-0.25, -0.2) is 18.3 Å².